The fourth-order valence-corrected chi connectivity index (χ4v) is 4.97. The van der Waals surface area contributed by atoms with Crippen LogP contribution >= 0.6 is 0 Å². The van der Waals surface area contributed by atoms with Crippen molar-refractivity contribution in [1.82, 2.24) is 15.1 Å². The summed E-state index contributed by atoms with van der Waals surface area (Å²) in [4.78, 5) is 8.84. The minimum absolute atomic E-state index is 0.260. The van der Waals surface area contributed by atoms with Gasteiger partial charge < -0.3 is 19.7 Å². The number of fused-ring (bicyclic) bond motifs is 1. The van der Waals surface area contributed by atoms with Gasteiger partial charge in [0.1, 0.15) is 0 Å². The molecule has 8 nitrogen and oxygen atoms in total. The topological polar surface area (TPSA) is 83.5 Å². The van der Waals surface area contributed by atoms with E-state index in [-0.39, 0.29) is 11.5 Å². The Balaban J connectivity index is 1.56. The molecule has 0 amide bonds. The predicted octanol–water partition coefficient (Wildman–Crippen LogP) is 0.368. The van der Waals surface area contributed by atoms with Crippen molar-refractivity contribution in [1.29, 1.82) is 0 Å². The van der Waals surface area contributed by atoms with Crippen molar-refractivity contribution in [3.63, 3.8) is 0 Å². The van der Waals surface area contributed by atoms with E-state index in [0.29, 0.717) is 13.1 Å². The molecule has 3 rings (SSSR count). The van der Waals surface area contributed by atoms with Gasteiger partial charge in [-0.05, 0) is 29.7 Å². The molecule has 1 aromatic rings. The number of nitrogens with zero attached hydrogens (tertiary/aromatic N) is 3. The van der Waals surface area contributed by atoms with Crippen LogP contribution in [0.5, 0.6) is 11.5 Å². The number of hydrogen-bond acceptors (Lipinski definition) is 6. The number of nitrogens with one attached hydrogen (secondary N) is 1. The van der Waals surface area contributed by atoms with Gasteiger partial charge in [0.25, 0.3) is 0 Å². The molecule has 0 atom stereocenters. The van der Waals surface area contributed by atoms with Crippen LogP contribution < -0.4 is 14.8 Å². The summed E-state index contributed by atoms with van der Waals surface area (Å²) in [5.74, 6) is 2.89. The second-order valence-electron chi connectivity index (χ2n) is 7.11. The normalized spacial score (nSPS) is 19.8. The Hall–Kier alpha value is -2.00. The molecule has 1 saturated heterocycles. The molecule has 2 heterocycles. The van der Waals surface area contributed by atoms with Crippen molar-refractivity contribution in [3.05, 3.63) is 23.3 Å². The highest BCUT2D eigenvalue weighted by atomic mass is 32.2. The number of benzene rings is 1. The van der Waals surface area contributed by atoms with Crippen LogP contribution in [0, 0.1) is 0 Å². The summed E-state index contributed by atoms with van der Waals surface area (Å²) in [6.07, 6.45) is 0.917. The number of ether oxygens (including phenoxy) is 2. The molecular weight excluding hydrogens is 380 g/mol. The number of rotatable bonds is 5. The van der Waals surface area contributed by atoms with Gasteiger partial charge in [-0.25, -0.2) is 8.42 Å². The Kier molecular flexibility index (Phi) is 6.66. The van der Waals surface area contributed by atoms with Crippen molar-refractivity contribution in [2.24, 2.45) is 4.99 Å². The molecule has 1 fully saturated rings. The highest BCUT2D eigenvalue weighted by Gasteiger charge is 2.23. The Morgan fingerprint density at radius 2 is 1.75 bits per heavy atom. The summed E-state index contributed by atoms with van der Waals surface area (Å²) in [5.41, 5.74) is 2.49. The summed E-state index contributed by atoms with van der Waals surface area (Å²) in [7, 11) is 2.27. The zero-order valence-electron chi connectivity index (χ0n) is 16.9. The number of sulfone groups is 1. The summed E-state index contributed by atoms with van der Waals surface area (Å²) in [6.45, 7) is 4.41. The molecule has 0 saturated carbocycles. The van der Waals surface area contributed by atoms with Gasteiger partial charge in [0.05, 0.1) is 25.7 Å². The van der Waals surface area contributed by atoms with Gasteiger partial charge in [-0.1, -0.05) is 0 Å². The van der Waals surface area contributed by atoms with Crippen LogP contribution in [0.15, 0.2) is 17.1 Å². The third kappa shape index (κ3) is 4.88. The highest BCUT2D eigenvalue weighted by molar-refractivity contribution is 7.91. The number of aliphatic imine (C=N–C) groups is 1. The molecular formula is C19H30N4O4S. The van der Waals surface area contributed by atoms with E-state index in [2.05, 4.69) is 26.2 Å². The van der Waals surface area contributed by atoms with Crippen molar-refractivity contribution >= 4 is 15.8 Å². The van der Waals surface area contributed by atoms with E-state index in [0.717, 1.165) is 50.1 Å². The molecule has 0 spiro atoms. The Morgan fingerprint density at radius 3 is 2.36 bits per heavy atom. The first-order valence-corrected chi connectivity index (χ1v) is 11.4. The lowest BCUT2D eigenvalue weighted by molar-refractivity contribution is 0.296. The quantitative estimate of drug-likeness (QED) is 0.555. The smallest absolute Gasteiger partial charge is 0.194 e. The Morgan fingerprint density at radius 1 is 1.11 bits per heavy atom. The summed E-state index contributed by atoms with van der Waals surface area (Å²) in [6, 6.07) is 4.11. The summed E-state index contributed by atoms with van der Waals surface area (Å²) >= 11 is 0. The van der Waals surface area contributed by atoms with Crippen LogP contribution in [-0.4, -0.2) is 89.7 Å². The first-order valence-electron chi connectivity index (χ1n) is 9.58. The van der Waals surface area contributed by atoms with Crippen LogP contribution in [-0.2, 0) is 22.8 Å². The molecule has 0 bridgehead atoms. The number of methoxy groups -OCH3 is 2. The van der Waals surface area contributed by atoms with Crippen LogP contribution in [0.1, 0.15) is 11.1 Å². The van der Waals surface area contributed by atoms with Gasteiger partial charge in [-0.3, -0.25) is 9.89 Å². The van der Waals surface area contributed by atoms with Gasteiger partial charge >= 0.3 is 0 Å². The van der Waals surface area contributed by atoms with E-state index in [9.17, 15) is 8.42 Å². The maximum atomic E-state index is 11.5. The van der Waals surface area contributed by atoms with Crippen LogP contribution in [0.25, 0.3) is 0 Å². The third-order valence-electron chi connectivity index (χ3n) is 5.38. The summed E-state index contributed by atoms with van der Waals surface area (Å²) in [5, 5.41) is 3.42. The molecule has 28 heavy (non-hydrogen) atoms. The second-order valence-corrected chi connectivity index (χ2v) is 9.42. The monoisotopic (exact) mass is 410 g/mol. The molecule has 2 aliphatic heterocycles. The predicted molar refractivity (Wildman–Crippen MR) is 110 cm³/mol. The SMILES string of the molecule is CN=C(NCCN1CCS(=O)(=O)CC1)N1CCc2cc(OC)c(OC)cc2C1. The molecule has 0 aliphatic carbocycles. The van der Waals surface area contributed by atoms with Gasteiger partial charge in [-0.2, -0.15) is 0 Å². The molecule has 0 aromatic heterocycles. The number of guanidine groups is 1. The van der Waals surface area contributed by atoms with Crippen molar-refractivity contribution in [2.75, 3.05) is 65.5 Å². The maximum absolute atomic E-state index is 11.5. The first kappa shape index (κ1) is 20.7. The molecule has 1 aromatic carbocycles. The second kappa shape index (κ2) is 9.00. The Labute approximate surface area is 167 Å². The highest BCUT2D eigenvalue weighted by Crippen LogP contribution is 2.33. The van der Waals surface area contributed by atoms with E-state index in [1.165, 1.54) is 11.1 Å². The van der Waals surface area contributed by atoms with Gasteiger partial charge in [0, 0.05) is 46.3 Å². The van der Waals surface area contributed by atoms with Gasteiger partial charge in [0.15, 0.2) is 27.3 Å². The molecule has 2 aliphatic rings. The van der Waals surface area contributed by atoms with E-state index < -0.39 is 9.84 Å². The van der Waals surface area contributed by atoms with Crippen molar-refractivity contribution < 1.29 is 17.9 Å². The third-order valence-corrected chi connectivity index (χ3v) is 6.99. The minimum Gasteiger partial charge on any atom is -0.493 e. The average Bonchev–Trinajstić information content (AvgIpc) is 2.70. The van der Waals surface area contributed by atoms with Gasteiger partial charge in [-0.15, -0.1) is 0 Å². The van der Waals surface area contributed by atoms with E-state index in [1.54, 1.807) is 21.3 Å². The van der Waals surface area contributed by atoms with E-state index >= 15 is 0 Å². The lowest BCUT2D eigenvalue weighted by Gasteiger charge is -2.33. The van der Waals surface area contributed by atoms with Crippen molar-refractivity contribution in [2.45, 2.75) is 13.0 Å². The standard InChI is InChI=1S/C19H30N4O4S/c1-20-19(21-5-7-22-8-10-28(24,25)11-9-22)23-6-4-15-12-17(26-2)18(27-3)13-16(15)14-23/h12-13H,4-11,14H2,1-3H3,(H,20,21). The van der Waals surface area contributed by atoms with E-state index in [4.69, 9.17) is 9.47 Å². The largest absolute Gasteiger partial charge is 0.493 e. The van der Waals surface area contributed by atoms with Crippen LogP contribution in [0.2, 0.25) is 0 Å². The molecule has 0 radical (unpaired) electrons. The fourth-order valence-electron chi connectivity index (χ4n) is 3.70. The molecule has 0 unspecified atom stereocenters. The van der Waals surface area contributed by atoms with Crippen LogP contribution in [0.4, 0.5) is 0 Å². The zero-order chi connectivity index (χ0) is 20.1. The van der Waals surface area contributed by atoms with E-state index in [1.807, 2.05) is 6.07 Å². The molecule has 1 N–H and O–H groups in total. The average molecular weight is 411 g/mol. The number of hydrogen-bond donors (Lipinski definition) is 1. The summed E-state index contributed by atoms with van der Waals surface area (Å²) < 4.78 is 33.9. The molecule has 9 heteroatoms. The fraction of sp³-hybridized carbons (Fsp3) is 0.632. The molecule has 156 valence electrons. The van der Waals surface area contributed by atoms with Crippen LogP contribution in [0.3, 0.4) is 0 Å². The lowest BCUT2D eigenvalue weighted by Crippen LogP contribution is -2.48. The van der Waals surface area contributed by atoms with Crippen molar-refractivity contribution in [3.8, 4) is 11.5 Å². The maximum Gasteiger partial charge on any atom is 0.194 e. The minimum atomic E-state index is -2.83. The van der Waals surface area contributed by atoms with Gasteiger partial charge in [0.2, 0.25) is 0 Å². The zero-order valence-corrected chi connectivity index (χ0v) is 17.7. The Bertz CT molecular complexity index is 811. The first-order chi connectivity index (χ1) is 13.5. The lowest BCUT2D eigenvalue weighted by atomic mass is 9.99.